The first-order valence-electron chi connectivity index (χ1n) is 14.2. The van der Waals surface area contributed by atoms with Gasteiger partial charge in [0.1, 0.15) is 0 Å². The molecule has 4 saturated carbocycles. The molecule has 0 nitrogen and oxygen atoms in total. The second kappa shape index (κ2) is 9.02. The molecule has 6 atom stereocenters. The van der Waals surface area contributed by atoms with Crippen LogP contribution in [0.3, 0.4) is 0 Å². The van der Waals surface area contributed by atoms with E-state index in [2.05, 4.69) is 47.3 Å². The molecule has 4 fully saturated rings. The summed E-state index contributed by atoms with van der Waals surface area (Å²) in [6.07, 6.45) is 24.1. The highest BCUT2D eigenvalue weighted by molar-refractivity contribution is 5.20. The van der Waals surface area contributed by atoms with E-state index in [1.165, 1.54) is 89.9 Å². The SMILES string of the molecule is C=C1CC[C@]2(C3CC3)CC(C3CCC[C@H](/C(=C/C)CCC)C3(C)CC)CC[C@]2(CC)C1. The van der Waals surface area contributed by atoms with Gasteiger partial charge in [0, 0.05) is 0 Å². The van der Waals surface area contributed by atoms with E-state index in [0.717, 1.165) is 23.7 Å². The summed E-state index contributed by atoms with van der Waals surface area (Å²) in [4.78, 5) is 0. The van der Waals surface area contributed by atoms with Crippen molar-refractivity contribution in [2.75, 3.05) is 0 Å². The van der Waals surface area contributed by atoms with Crippen LogP contribution in [0.1, 0.15) is 131 Å². The number of allylic oxidation sites excluding steroid dienone is 3. The summed E-state index contributed by atoms with van der Waals surface area (Å²) in [5.41, 5.74) is 5.12. The van der Waals surface area contributed by atoms with Crippen molar-refractivity contribution >= 4 is 0 Å². The first kappa shape index (κ1) is 23.6. The van der Waals surface area contributed by atoms with Gasteiger partial charge in [-0.25, -0.2) is 0 Å². The minimum Gasteiger partial charge on any atom is -0.0998 e. The molecule has 31 heavy (non-hydrogen) atoms. The molecular weight excluding hydrogens is 372 g/mol. The zero-order chi connectivity index (χ0) is 22.3. The quantitative estimate of drug-likeness (QED) is 0.357. The van der Waals surface area contributed by atoms with E-state index < -0.39 is 0 Å². The zero-order valence-electron chi connectivity index (χ0n) is 21.7. The van der Waals surface area contributed by atoms with Gasteiger partial charge < -0.3 is 0 Å². The Kier molecular flexibility index (Phi) is 6.88. The molecule has 0 saturated heterocycles. The zero-order valence-corrected chi connectivity index (χ0v) is 21.7. The first-order valence-corrected chi connectivity index (χ1v) is 14.2. The van der Waals surface area contributed by atoms with Crippen LogP contribution in [0.15, 0.2) is 23.8 Å². The highest BCUT2D eigenvalue weighted by Crippen LogP contribution is 2.72. The maximum absolute atomic E-state index is 4.50. The molecule has 0 spiro atoms. The summed E-state index contributed by atoms with van der Waals surface area (Å²) in [5, 5.41) is 0. The van der Waals surface area contributed by atoms with Crippen molar-refractivity contribution in [1.82, 2.24) is 0 Å². The molecule has 0 aromatic rings. The van der Waals surface area contributed by atoms with E-state index in [4.69, 9.17) is 0 Å². The second-order valence-corrected chi connectivity index (χ2v) is 12.6. The summed E-state index contributed by atoms with van der Waals surface area (Å²) in [6, 6.07) is 0. The van der Waals surface area contributed by atoms with Gasteiger partial charge in [0.25, 0.3) is 0 Å². The molecule has 0 aromatic carbocycles. The molecule has 0 aromatic heterocycles. The molecule has 0 bridgehead atoms. The van der Waals surface area contributed by atoms with Crippen LogP contribution in [-0.2, 0) is 0 Å². The molecule has 0 radical (unpaired) electrons. The monoisotopic (exact) mass is 424 g/mol. The maximum atomic E-state index is 4.50. The van der Waals surface area contributed by atoms with Crippen molar-refractivity contribution in [3.63, 3.8) is 0 Å². The summed E-state index contributed by atoms with van der Waals surface area (Å²) in [7, 11) is 0. The molecule has 4 aliphatic carbocycles. The third-order valence-electron chi connectivity index (χ3n) is 11.6. The Morgan fingerprint density at radius 1 is 1.03 bits per heavy atom. The van der Waals surface area contributed by atoms with Crippen molar-refractivity contribution in [1.29, 1.82) is 0 Å². The lowest BCUT2D eigenvalue weighted by Crippen LogP contribution is -2.53. The predicted molar refractivity (Wildman–Crippen MR) is 136 cm³/mol. The average molecular weight is 425 g/mol. The van der Waals surface area contributed by atoms with E-state index in [0.29, 0.717) is 16.2 Å². The van der Waals surface area contributed by atoms with Crippen molar-refractivity contribution in [2.45, 2.75) is 131 Å². The molecule has 4 rings (SSSR count). The van der Waals surface area contributed by atoms with Crippen molar-refractivity contribution in [3.8, 4) is 0 Å². The Hall–Kier alpha value is -0.520. The van der Waals surface area contributed by atoms with Crippen molar-refractivity contribution < 1.29 is 0 Å². The fraction of sp³-hybridized carbons (Fsp3) is 0.871. The third-order valence-corrected chi connectivity index (χ3v) is 11.6. The van der Waals surface area contributed by atoms with Crippen LogP contribution in [0.25, 0.3) is 0 Å². The van der Waals surface area contributed by atoms with Crippen molar-refractivity contribution in [2.24, 2.45) is 39.9 Å². The van der Waals surface area contributed by atoms with Gasteiger partial charge in [-0.3, -0.25) is 0 Å². The number of rotatable bonds is 7. The van der Waals surface area contributed by atoms with Crippen LogP contribution in [0.5, 0.6) is 0 Å². The highest BCUT2D eigenvalue weighted by atomic mass is 14.7. The van der Waals surface area contributed by atoms with E-state index >= 15 is 0 Å². The molecular formula is C31H52. The van der Waals surface area contributed by atoms with Crippen LogP contribution < -0.4 is 0 Å². The first-order chi connectivity index (χ1) is 14.9. The summed E-state index contributed by atoms with van der Waals surface area (Å²) in [6.45, 7) is 16.9. The van der Waals surface area contributed by atoms with E-state index in [-0.39, 0.29) is 0 Å². The largest absolute Gasteiger partial charge is 0.0998 e. The minimum atomic E-state index is 0.509. The predicted octanol–water partition coefficient (Wildman–Crippen LogP) is 9.90. The Labute approximate surface area is 194 Å². The molecule has 3 unspecified atom stereocenters. The molecule has 0 aliphatic heterocycles. The van der Waals surface area contributed by atoms with E-state index in [9.17, 15) is 0 Å². The standard InChI is InChI=1S/C31H52/c1-7-12-24(8-2)27-13-11-14-28(29(27,6)9-3)25-18-19-30(10-4)21-23(5)17-20-31(30,22-25)26-15-16-26/h8,25-28H,5,7,9-22H2,1-4,6H3/b24-8+/t25?,27-,28?,29?,30-,31-/m1/s1. The Morgan fingerprint density at radius 3 is 2.42 bits per heavy atom. The fourth-order valence-corrected chi connectivity index (χ4v) is 9.69. The summed E-state index contributed by atoms with van der Waals surface area (Å²) < 4.78 is 0. The average Bonchev–Trinajstić information content (AvgIpc) is 3.63. The molecule has 0 N–H and O–H groups in total. The van der Waals surface area contributed by atoms with Gasteiger partial charge in [-0.05, 0) is 130 Å². The molecule has 0 heterocycles. The highest BCUT2D eigenvalue weighted by Gasteiger charge is 2.62. The molecule has 0 heteroatoms. The lowest BCUT2D eigenvalue weighted by molar-refractivity contribution is -0.113. The molecule has 4 aliphatic rings. The third kappa shape index (κ3) is 3.81. The topological polar surface area (TPSA) is 0 Å². The Bertz CT molecular complexity index is 680. The van der Waals surface area contributed by atoms with Crippen molar-refractivity contribution in [3.05, 3.63) is 23.8 Å². The summed E-state index contributed by atoms with van der Waals surface area (Å²) in [5.74, 6) is 3.79. The van der Waals surface area contributed by atoms with E-state index in [1.54, 1.807) is 17.6 Å². The van der Waals surface area contributed by atoms with Crippen LogP contribution in [0.2, 0.25) is 0 Å². The number of hydrogen-bond donors (Lipinski definition) is 0. The Balaban J connectivity index is 1.64. The number of hydrogen-bond acceptors (Lipinski definition) is 0. The van der Waals surface area contributed by atoms with Crippen LogP contribution in [-0.4, -0.2) is 0 Å². The van der Waals surface area contributed by atoms with Crippen LogP contribution in [0, 0.1) is 39.9 Å². The normalized spacial score (nSPS) is 44.2. The molecule has 0 amide bonds. The Morgan fingerprint density at radius 2 is 1.81 bits per heavy atom. The van der Waals surface area contributed by atoms with Gasteiger partial charge in [0.05, 0.1) is 0 Å². The molecule has 176 valence electrons. The van der Waals surface area contributed by atoms with Gasteiger partial charge in [-0.15, -0.1) is 0 Å². The fourth-order valence-electron chi connectivity index (χ4n) is 9.69. The minimum absolute atomic E-state index is 0.509. The van der Waals surface area contributed by atoms with E-state index in [1.807, 2.05) is 0 Å². The smallest absolute Gasteiger partial charge is 0.0147 e. The maximum Gasteiger partial charge on any atom is -0.0147 e. The number of fused-ring (bicyclic) bond motifs is 1. The van der Waals surface area contributed by atoms with Gasteiger partial charge in [-0.2, -0.15) is 0 Å². The van der Waals surface area contributed by atoms with Crippen LogP contribution >= 0.6 is 0 Å². The van der Waals surface area contributed by atoms with Gasteiger partial charge in [0.2, 0.25) is 0 Å². The lowest BCUT2D eigenvalue weighted by atomic mass is 9.42. The lowest BCUT2D eigenvalue weighted by Gasteiger charge is -2.62. The van der Waals surface area contributed by atoms with Gasteiger partial charge in [0.15, 0.2) is 0 Å². The van der Waals surface area contributed by atoms with Crippen LogP contribution in [0.4, 0.5) is 0 Å². The second-order valence-electron chi connectivity index (χ2n) is 12.6. The van der Waals surface area contributed by atoms with Gasteiger partial charge in [-0.1, -0.05) is 64.3 Å². The van der Waals surface area contributed by atoms with Gasteiger partial charge >= 0.3 is 0 Å². The summed E-state index contributed by atoms with van der Waals surface area (Å²) >= 11 is 0.